The summed E-state index contributed by atoms with van der Waals surface area (Å²) in [5, 5.41) is 10.2. The normalized spacial score (nSPS) is 24.5. The van der Waals surface area contributed by atoms with Crippen LogP contribution in [0.15, 0.2) is 12.1 Å². The van der Waals surface area contributed by atoms with E-state index >= 15 is 0 Å². The quantitative estimate of drug-likeness (QED) is 0.605. The minimum absolute atomic E-state index is 0.0899. The van der Waals surface area contributed by atoms with E-state index in [0.29, 0.717) is 19.1 Å². The SMILES string of the molecule is CNc1nc(C2CCC(C)(C)C(NC(=O)C3CCOCC3)C2)ccc1NCC(C)(C)C. The first kappa shape index (κ1) is 23.8. The van der Waals surface area contributed by atoms with Crippen LogP contribution in [0, 0.1) is 16.7 Å². The fourth-order valence-corrected chi connectivity index (χ4v) is 4.61. The topological polar surface area (TPSA) is 75.3 Å². The highest BCUT2D eigenvalue weighted by molar-refractivity contribution is 5.79. The first-order valence-corrected chi connectivity index (χ1v) is 11.9. The molecule has 2 aliphatic rings. The van der Waals surface area contributed by atoms with Crippen molar-refractivity contribution >= 4 is 17.4 Å². The lowest BCUT2D eigenvalue weighted by atomic mass is 9.68. The lowest BCUT2D eigenvalue weighted by molar-refractivity contribution is -0.129. The Balaban J connectivity index is 1.70. The van der Waals surface area contributed by atoms with Gasteiger partial charge >= 0.3 is 0 Å². The van der Waals surface area contributed by atoms with E-state index in [1.165, 1.54) is 0 Å². The fourth-order valence-electron chi connectivity index (χ4n) is 4.61. The summed E-state index contributed by atoms with van der Waals surface area (Å²) in [5.74, 6) is 1.55. The Morgan fingerprint density at radius 1 is 1.19 bits per heavy atom. The molecule has 6 heteroatoms. The number of nitrogens with one attached hydrogen (secondary N) is 3. The lowest BCUT2D eigenvalue weighted by Gasteiger charge is -2.43. The van der Waals surface area contributed by atoms with Crippen LogP contribution in [-0.2, 0) is 9.53 Å². The minimum atomic E-state index is 0.0899. The number of amides is 1. The van der Waals surface area contributed by atoms with Gasteiger partial charge in [-0.3, -0.25) is 4.79 Å². The first-order chi connectivity index (χ1) is 14.6. The van der Waals surface area contributed by atoms with Crippen LogP contribution in [0.25, 0.3) is 0 Å². The monoisotopic (exact) mass is 430 g/mol. The van der Waals surface area contributed by atoms with Crippen molar-refractivity contribution in [2.75, 3.05) is 37.4 Å². The summed E-state index contributed by atoms with van der Waals surface area (Å²) < 4.78 is 5.42. The molecule has 1 aromatic rings. The van der Waals surface area contributed by atoms with Crippen LogP contribution in [0.3, 0.4) is 0 Å². The van der Waals surface area contributed by atoms with Crippen molar-refractivity contribution in [3.8, 4) is 0 Å². The second-order valence-electron chi connectivity index (χ2n) is 11.2. The molecule has 1 aliphatic heterocycles. The summed E-state index contributed by atoms with van der Waals surface area (Å²) >= 11 is 0. The van der Waals surface area contributed by atoms with Crippen LogP contribution in [0.1, 0.15) is 78.3 Å². The number of anilines is 2. The molecular formula is C25H42N4O2. The number of carbonyl (C=O) groups excluding carboxylic acids is 1. The molecule has 6 nitrogen and oxygen atoms in total. The van der Waals surface area contributed by atoms with E-state index in [-0.39, 0.29) is 28.7 Å². The first-order valence-electron chi connectivity index (χ1n) is 11.9. The number of nitrogens with zero attached hydrogens (tertiary/aromatic N) is 1. The molecule has 0 bridgehead atoms. The molecule has 3 N–H and O–H groups in total. The van der Waals surface area contributed by atoms with Gasteiger partial charge in [0.15, 0.2) is 0 Å². The molecule has 2 heterocycles. The molecule has 1 amide bonds. The molecule has 31 heavy (non-hydrogen) atoms. The maximum Gasteiger partial charge on any atom is 0.223 e. The highest BCUT2D eigenvalue weighted by atomic mass is 16.5. The van der Waals surface area contributed by atoms with Crippen molar-refractivity contribution in [1.29, 1.82) is 0 Å². The maximum atomic E-state index is 12.9. The molecule has 1 aliphatic carbocycles. The standard InChI is InChI=1S/C25H42N4O2/c1-24(2,3)16-27-20-8-7-19(28-22(20)26-6)18-9-12-25(4,5)21(15-18)29-23(30)17-10-13-31-14-11-17/h7-8,17-18,21,27H,9-16H2,1-6H3,(H,26,28)(H,29,30). The van der Waals surface area contributed by atoms with Gasteiger partial charge in [-0.25, -0.2) is 4.98 Å². The lowest BCUT2D eigenvalue weighted by Crippen LogP contribution is -2.50. The molecule has 0 aromatic carbocycles. The second-order valence-corrected chi connectivity index (χ2v) is 11.2. The molecule has 0 spiro atoms. The largest absolute Gasteiger partial charge is 0.382 e. The van der Waals surface area contributed by atoms with Gasteiger partial charge in [0, 0.05) is 50.4 Å². The number of pyridine rings is 1. The van der Waals surface area contributed by atoms with Gasteiger partial charge in [-0.1, -0.05) is 34.6 Å². The van der Waals surface area contributed by atoms with Crippen molar-refractivity contribution in [1.82, 2.24) is 10.3 Å². The minimum Gasteiger partial charge on any atom is -0.382 e. The van der Waals surface area contributed by atoms with Gasteiger partial charge in [0.25, 0.3) is 0 Å². The smallest absolute Gasteiger partial charge is 0.223 e. The highest BCUT2D eigenvalue weighted by Crippen LogP contribution is 2.43. The number of rotatable bonds is 6. The van der Waals surface area contributed by atoms with E-state index in [0.717, 1.165) is 55.8 Å². The predicted molar refractivity (Wildman–Crippen MR) is 128 cm³/mol. The fraction of sp³-hybridized carbons (Fsp3) is 0.760. The van der Waals surface area contributed by atoms with Gasteiger partial charge < -0.3 is 20.7 Å². The zero-order valence-corrected chi connectivity index (χ0v) is 20.3. The van der Waals surface area contributed by atoms with Gasteiger partial charge in [-0.15, -0.1) is 0 Å². The predicted octanol–water partition coefficient (Wildman–Crippen LogP) is 4.79. The summed E-state index contributed by atoms with van der Waals surface area (Å²) in [4.78, 5) is 17.9. The molecule has 2 atom stereocenters. The van der Waals surface area contributed by atoms with E-state index in [9.17, 15) is 4.79 Å². The van der Waals surface area contributed by atoms with Crippen molar-refractivity contribution in [2.24, 2.45) is 16.7 Å². The van der Waals surface area contributed by atoms with Crippen LogP contribution < -0.4 is 16.0 Å². The van der Waals surface area contributed by atoms with Gasteiger partial charge in [0.1, 0.15) is 5.82 Å². The van der Waals surface area contributed by atoms with Crippen molar-refractivity contribution in [3.63, 3.8) is 0 Å². The third-order valence-corrected chi connectivity index (χ3v) is 6.89. The summed E-state index contributed by atoms with van der Waals surface area (Å²) in [6, 6.07) is 4.47. The third kappa shape index (κ3) is 6.34. The van der Waals surface area contributed by atoms with Crippen molar-refractivity contribution in [3.05, 3.63) is 17.8 Å². The van der Waals surface area contributed by atoms with Gasteiger partial charge in [-0.05, 0) is 55.1 Å². The Labute approximate surface area is 188 Å². The van der Waals surface area contributed by atoms with Crippen LogP contribution in [0.4, 0.5) is 11.5 Å². The molecule has 1 aromatic heterocycles. The molecule has 174 valence electrons. The Kier molecular flexibility index (Phi) is 7.51. The van der Waals surface area contributed by atoms with E-state index in [1.807, 2.05) is 7.05 Å². The summed E-state index contributed by atoms with van der Waals surface area (Å²) in [7, 11) is 1.93. The molecule has 3 rings (SSSR count). The maximum absolute atomic E-state index is 12.9. The Morgan fingerprint density at radius 3 is 2.55 bits per heavy atom. The molecule has 0 radical (unpaired) electrons. The highest BCUT2D eigenvalue weighted by Gasteiger charge is 2.39. The number of hydrogen-bond acceptors (Lipinski definition) is 5. The van der Waals surface area contributed by atoms with E-state index < -0.39 is 0 Å². The van der Waals surface area contributed by atoms with Gasteiger partial charge in [-0.2, -0.15) is 0 Å². The molecule has 1 saturated carbocycles. The van der Waals surface area contributed by atoms with Crippen LogP contribution in [0.5, 0.6) is 0 Å². The average molecular weight is 431 g/mol. The Bertz CT molecular complexity index is 750. The Morgan fingerprint density at radius 2 is 1.90 bits per heavy atom. The second kappa shape index (κ2) is 9.76. The number of hydrogen-bond donors (Lipinski definition) is 3. The van der Waals surface area contributed by atoms with Crippen molar-refractivity contribution in [2.45, 2.75) is 78.7 Å². The Hall–Kier alpha value is -1.82. The van der Waals surface area contributed by atoms with E-state index in [1.54, 1.807) is 0 Å². The van der Waals surface area contributed by atoms with E-state index in [2.05, 4.69) is 62.7 Å². The number of carbonyl (C=O) groups is 1. The number of aromatic nitrogens is 1. The third-order valence-electron chi connectivity index (χ3n) is 6.89. The van der Waals surface area contributed by atoms with E-state index in [4.69, 9.17) is 9.72 Å². The van der Waals surface area contributed by atoms with Crippen molar-refractivity contribution < 1.29 is 9.53 Å². The zero-order valence-electron chi connectivity index (χ0n) is 20.3. The van der Waals surface area contributed by atoms with Gasteiger partial charge in [0.05, 0.1) is 5.69 Å². The zero-order chi connectivity index (χ0) is 22.6. The summed E-state index contributed by atoms with van der Waals surface area (Å²) in [6.07, 6.45) is 4.78. The van der Waals surface area contributed by atoms with Crippen LogP contribution >= 0.6 is 0 Å². The molecular weight excluding hydrogens is 388 g/mol. The van der Waals surface area contributed by atoms with Crippen LogP contribution in [-0.4, -0.2) is 43.7 Å². The van der Waals surface area contributed by atoms with Gasteiger partial charge in [0.2, 0.25) is 5.91 Å². The molecule has 2 fully saturated rings. The number of ether oxygens (including phenoxy) is 1. The molecule has 2 unspecified atom stereocenters. The summed E-state index contributed by atoms with van der Waals surface area (Å²) in [6.45, 7) is 13.5. The average Bonchev–Trinajstić information content (AvgIpc) is 2.73. The summed E-state index contributed by atoms with van der Waals surface area (Å²) in [5.41, 5.74) is 2.46. The van der Waals surface area contributed by atoms with Crippen LogP contribution in [0.2, 0.25) is 0 Å². The molecule has 1 saturated heterocycles.